The molecule has 0 bridgehead atoms. The van der Waals surface area contributed by atoms with Crippen molar-refractivity contribution in [2.45, 2.75) is 32.9 Å². The van der Waals surface area contributed by atoms with Gasteiger partial charge in [0.25, 0.3) is 0 Å². The molecule has 0 radical (unpaired) electrons. The number of esters is 1. The number of carbonyl (C=O) groups is 2. The maximum atomic E-state index is 11.8. The molecule has 1 aromatic heterocycles. The van der Waals surface area contributed by atoms with Crippen molar-refractivity contribution < 1.29 is 19.4 Å². The van der Waals surface area contributed by atoms with E-state index in [1.54, 1.807) is 19.9 Å². The lowest BCUT2D eigenvalue weighted by Crippen LogP contribution is -2.38. The van der Waals surface area contributed by atoms with Gasteiger partial charge in [-0.05, 0) is 31.9 Å². The molecule has 1 aromatic carbocycles. The standard InChI is InChI=1S/C18H22N2O4/c1-3-24-18(23)15-10-14(20-12(15)2)11-19-16(17(21)22)9-13-7-5-4-6-8-13/h4-8,10,16,19-20H,3,9,11H2,1-2H3,(H,21,22)/t16-/m0/s1. The van der Waals surface area contributed by atoms with Crippen molar-refractivity contribution in [3.8, 4) is 0 Å². The van der Waals surface area contributed by atoms with E-state index in [0.29, 0.717) is 30.8 Å². The number of aromatic nitrogens is 1. The van der Waals surface area contributed by atoms with Gasteiger partial charge in [-0.15, -0.1) is 0 Å². The highest BCUT2D eigenvalue weighted by Crippen LogP contribution is 2.12. The summed E-state index contributed by atoms with van der Waals surface area (Å²) in [6.07, 6.45) is 0.389. The molecule has 2 rings (SSSR count). The van der Waals surface area contributed by atoms with E-state index < -0.39 is 12.0 Å². The minimum Gasteiger partial charge on any atom is -0.480 e. The van der Waals surface area contributed by atoms with E-state index in [9.17, 15) is 14.7 Å². The molecule has 1 heterocycles. The van der Waals surface area contributed by atoms with Gasteiger partial charge < -0.3 is 14.8 Å². The molecule has 6 heteroatoms. The summed E-state index contributed by atoms with van der Waals surface area (Å²) in [7, 11) is 0. The first-order valence-electron chi connectivity index (χ1n) is 7.87. The minimum absolute atomic E-state index is 0.315. The van der Waals surface area contributed by atoms with Crippen LogP contribution in [0.1, 0.15) is 34.2 Å². The molecule has 0 unspecified atom stereocenters. The van der Waals surface area contributed by atoms with Crippen LogP contribution in [0.25, 0.3) is 0 Å². The first-order valence-corrected chi connectivity index (χ1v) is 7.87. The number of aliphatic carboxylic acids is 1. The Morgan fingerprint density at radius 2 is 2.00 bits per heavy atom. The van der Waals surface area contributed by atoms with Crippen LogP contribution in [0.3, 0.4) is 0 Å². The SMILES string of the molecule is CCOC(=O)c1cc(CN[C@@H](Cc2ccccc2)C(=O)O)[nH]c1C. The maximum Gasteiger partial charge on any atom is 0.339 e. The Hall–Kier alpha value is -2.60. The molecule has 0 aliphatic carbocycles. The average Bonchev–Trinajstić information content (AvgIpc) is 2.93. The van der Waals surface area contributed by atoms with Gasteiger partial charge in [-0.25, -0.2) is 4.79 Å². The lowest BCUT2D eigenvalue weighted by atomic mass is 10.1. The number of carbonyl (C=O) groups excluding carboxylic acids is 1. The van der Waals surface area contributed by atoms with Crippen molar-refractivity contribution in [1.29, 1.82) is 0 Å². The molecule has 0 saturated carbocycles. The van der Waals surface area contributed by atoms with Crippen molar-refractivity contribution in [1.82, 2.24) is 10.3 Å². The Morgan fingerprint density at radius 1 is 1.29 bits per heavy atom. The molecule has 0 fully saturated rings. The summed E-state index contributed by atoms with van der Waals surface area (Å²) in [4.78, 5) is 26.3. The predicted octanol–water partition coefficient (Wildman–Crippen LogP) is 2.29. The van der Waals surface area contributed by atoms with E-state index in [-0.39, 0.29) is 5.97 Å². The summed E-state index contributed by atoms with van der Waals surface area (Å²) in [5.74, 6) is -1.29. The Bertz CT molecular complexity index is 694. The average molecular weight is 330 g/mol. The second-order valence-corrected chi connectivity index (χ2v) is 5.52. The van der Waals surface area contributed by atoms with Crippen molar-refractivity contribution in [3.05, 3.63) is 58.9 Å². The molecule has 6 nitrogen and oxygen atoms in total. The van der Waals surface area contributed by atoms with E-state index >= 15 is 0 Å². The molecule has 1 atom stereocenters. The maximum absolute atomic E-state index is 11.8. The zero-order valence-corrected chi connectivity index (χ0v) is 13.8. The fraction of sp³-hybridized carbons (Fsp3) is 0.333. The monoisotopic (exact) mass is 330 g/mol. The number of hydrogen-bond acceptors (Lipinski definition) is 4. The molecule has 0 amide bonds. The molecule has 2 aromatic rings. The zero-order valence-electron chi connectivity index (χ0n) is 13.8. The van der Waals surface area contributed by atoms with E-state index in [1.807, 2.05) is 30.3 Å². The quantitative estimate of drug-likeness (QED) is 0.646. The third kappa shape index (κ3) is 4.70. The number of carboxylic acids is 1. The van der Waals surface area contributed by atoms with Gasteiger partial charge in [0.15, 0.2) is 0 Å². The molecule has 0 saturated heterocycles. The topological polar surface area (TPSA) is 91.4 Å². The minimum atomic E-state index is -0.909. The van der Waals surface area contributed by atoms with Crippen molar-refractivity contribution in [2.24, 2.45) is 0 Å². The fourth-order valence-corrected chi connectivity index (χ4v) is 2.47. The molecule has 128 valence electrons. The second-order valence-electron chi connectivity index (χ2n) is 5.52. The van der Waals surface area contributed by atoms with Crippen LogP contribution in [0, 0.1) is 6.92 Å². The Labute approximate surface area is 140 Å². The number of rotatable bonds is 8. The number of carboxylic acid groups (broad SMARTS) is 1. The summed E-state index contributed by atoms with van der Waals surface area (Å²) >= 11 is 0. The van der Waals surface area contributed by atoms with Gasteiger partial charge in [-0.1, -0.05) is 30.3 Å². The van der Waals surface area contributed by atoms with Gasteiger partial charge in [-0.2, -0.15) is 0 Å². The summed E-state index contributed by atoms with van der Waals surface area (Å²) in [5.41, 5.74) is 2.88. The van der Waals surface area contributed by atoms with Crippen LogP contribution in [-0.4, -0.2) is 34.7 Å². The number of ether oxygens (including phenoxy) is 1. The predicted molar refractivity (Wildman–Crippen MR) is 89.9 cm³/mol. The highest BCUT2D eigenvalue weighted by atomic mass is 16.5. The van der Waals surface area contributed by atoms with Crippen LogP contribution >= 0.6 is 0 Å². The second kappa shape index (κ2) is 8.31. The highest BCUT2D eigenvalue weighted by molar-refractivity contribution is 5.91. The smallest absolute Gasteiger partial charge is 0.339 e. The number of nitrogens with one attached hydrogen (secondary N) is 2. The highest BCUT2D eigenvalue weighted by Gasteiger charge is 2.19. The third-order valence-corrected chi connectivity index (χ3v) is 3.69. The van der Waals surface area contributed by atoms with Crippen molar-refractivity contribution in [3.63, 3.8) is 0 Å². The van der Waals surface area contributed by atoms with E-state index in [2.05, 4.69) is 10.3 Å². The van der Waals surface area contributed by atoms with E-state index in [4.69, 9.17) is 4.74 Å². The summed E-state index contributed by atoms with van der Waals surface area (Å²) in [6, 6.07) is 10.4. The van der Waals surface area contributed by atoms with Gasteiger partial charge in [0.05, 0.1) is 12.2 Å². The van der Waals surface area contributed by atoms with Crippen LogP contribution in [-0.2, 0) is 22.5 Å². The van der Waals surface area contributed by atoms with Crippen molar-refractivity contribution in [2.75, 3.05) is 6.61 Å². The van der Waals surface area contributed by atoms with Gasteiger partial charge >= 0.3 is 11.9 Å². The Kier molecular flexibility index (Phi) is 6.14. The lowest BCUT2D eigenvalue weighted by Gasteiger charge is -2.14. The van der Waals surface area contributed by atoms with E-state index in [0.717, 1.165) is 11.3 Å². The number of benzene rings is 1. The first-order chi connectivity index (χ1) is 11.5. The van der Waals surface area contributed by atoms with Crippen LogP contribution in [0.2, 0.25) is 0 Å². The molecule has 0 aliphatic heterocycles. The zero-order chi connectivity index (χ0) is 17.5. The normalized spacial score (nSPS) is 11.9. The molecule has 24 heavy (non-hydrogen) atoms. The Balaban J connectivity index is 2.01. The third-order valence-electron chi connectivity index (χ3n) is 3.69. The Morgan fingerprint density at radius 3 is 2.62 bits per heavy atom. The number of hydrogen-bond donors (Lipinski definition) is 3. The first kappa shape index (κ1) is 17.7. The van der Waals surface area contributed by atoms with Crippen LogP contribution < -0.4 is 5.32 Å². The number of aromatic amines is 1. The summed E-state index contributed by atoms with van der Waals surface area (Å²) < 4.78 is 4.99. The summed E-state index contributed by atoms with van der Waals surface area (Å²) in [6.45, 7) is 4.18. The molecular formula is C18H22N2O4. The van der Waals surface area contributed by atoms with Crippen molar-refractivity contribution >= 4 is 11.9 Å². The number of aryl methyl sites for hydroxylation is 1. The largest absolute Gasteiger partial charge is 0.480 e. The fourth-order valence-electron chi connectivity index (χ4n) is 2.47. The number of H-pyrrole nitrogens is 1. The van der Waals surface area contributed by atoms with Gasteiger partial charge in [0, 0.05) is 17.9 Å². The van der Waals surface area contributed by atoms with Gasteiger partial charge in [0.2, 0.25) is 0 Å². The summed E-state index contributed by atoms with van der Waals surface area (Å²) in [5, 5.41) is 12.4. The molecular weight excluding hydrogens is 308 g/mol. The van der Waals surface area contributed by atoms with Crippen LogP contribution in [0.4, 0.5) is 0 Å². The van der Waals surface area contributed by atoms with Gasteiger partial charge in [-0.3, -0.25) is 10.1 Å². The molecule has 0 spiro atoms. The molecule has 3 N–H and O–H groups in total. The van der Waals surface area contributed by atoms with Crippen LogP contribution in [0.5, 0.6) is 0 Å². The van der Waals surface area contributed by atoms with E-state index in [1.165, 1.54) is 0 Å². The van der Waals surface area contributed by atoms with Crippen LogP contribution in [0.15, 0.2) is 36.4 Å². The molecule has 0 aliphatic rings. The lowest BCUT2D eigenvalue weighted by molar-refractivity contribution is -0.139. The van der Waals surface area contributed by atoms with Gasteiger partial charge in [0.1, 0.15) is 6.04 Å².